The van der Waals surface area contributed by atoms with Gasteiger partial charge in [0.25, 0.3) is 0 Å². The summed E-state index contributed by atoms with van der Waals surface area (Å²) >= 11 is 2.11. The van der Waals surface area contributed by atoms with E-state index in [9.17, 15) is 4.79 Å². The number of halogens is 1. The summed E-state index contributed by atoms with van der Waals surface area (Å²) in [6, 6.07) is 4.82. The van der Waals surface area contributed by atoms with Gasteiger partial charge in [-0.1, -0.05) is 6.92 Å². The summed E-state index contributed by atoms with van der Waals surface area (Å²) in [6.07, 6.45) is 0.978. The van der Waals surface area contributed by atoms with E-state index in [0.717, 1.165) is 16.6 Å². The monoisotopic (exact) mass is 350 g/mol. The minimum absolute atomic E-state index is 0.231. The van der Waals surface area contributed by atoms with Gasteiger partial charge < -0.3 is 14.6 Å². The van der Waals surface area contributed by atoms with Gasteiger partial charge in [-0.25, -0.2) is 4.79 Å². The maximum atomic E-state index is 10.8. The van der Waals surface area contributed by atoms with Crippen LogP contribution in [-0.4, -0.2) is 30.9 Å². The van der Waals surface area contributed by atoms with E-state index in [-0.39, 0.29) is 5.56 Å². The number of carbonyl (C=O) groups is 1. The highest BCUT2D eigenvalue weighted by atomic mass is 127. The van der Waals surface area contributed by atoms with Crippen molar-refractivity contribution in [3.05, 3.63) is 27.3 Å². The first kappa shape index (κ1) is 14.2. The van der Waals surface area contributed by atoms with E-state index in [4.69, 9.17) is 14.6 Å². The number of benzene rings is 1. The fraction of sp³-hybridized carbons (Fsp3) is 0.417. The molecule has 0 radical (unpaired) electrons. The topological polar surface area (TPSA) is 55.8 Å². The zero-order valence-corrected chi connectivity index (χ0v) is 11.8. The first-order valence-electron chi connectivity index (χ1n) is 5.38. The zero-order chi connectivity index (χ0) is 12.7. The van der Waals surface area contributed by atoms with Gasteiger partial charge in [-0.2, -0.15) is 0 Å². The molecule has 0 bridgehead atoms. The highest BCUT2D eigenvalue weighted by molar-refractivity contribution is 14.1. The average molecular weight is 350 g/mol. The van der Waals surface area contributed by atoms with Crippen LogP contribution < -0.4 is 4.74 Å². The lowest BCUT2D eigenvalue weighted by Gasteiger charge is -2.09. The quantitative estimate of drug-likeness (QED) is 0.607. The van der Waals surface area contributed by atoms with Crippen LogP contribution in [0.3, 0.4) is 0 Å². The minimum Gasteiger partial charge on any atom is -0.490 e. The molecule has 0 fully saturated rings. The Morgan fingerprint density at radius 1 is 1.35 bits per heavy atom. The Labute approximate surface area is 114 Å². The molecule has 0 aliphatic heterocycles. The first-order chi connectivity index (χ1) is 8.15. The SMILES string of the molecule is CCCOCCOc1cc(C(=O)O)ccc1I. The summed E-state index contributed by atoms with van der Waals surface area (Å²) in [5.74, 6) is -0.362. The smallest absolute Gasteiger partial charge is 0.335 e. The van der Waals surface area contributed by atoms with Gasteiger partial charge in [0.15, 0.2) is 0 Å². The molecule has 0 spiro atoms. The van der Waals surface area contributed by atoms with Crippen molar-refractivity contribution in [2.24, 2.45) is 0 Å². The van der Waals surface area contributed by atoms with E-state index in [1.54, 1.807) is 12.1 Å². The Balaban J connectivity index is 2.51. The summed E-state index contributed by atoms with van der Waals surface area (Å²) in [5, 5.41) is 8.86. The largest absolute Gasteiger partial charge is 0.490 e. The van der Waals surface area contributed by atoms with Crippen molar-refractivity contribution in [2.45, 2.75) is 13.3 Å². The summed E-state index contributed by atoms with van der Waals surface area (Å²) < 4.78 is 11.6. The molecule has 1 aromatic carbocycles. The molecule has 0 aliphatic rings. The van der Waals surface area contributed by atoms with Gasteiger partial charge in [0, 0.05) is 6.61 Å². The standard InChI is InChI=1S/C12H15IO4/c1-2-5-16-6-7-17-11-8-9(12(14)15)3-4-10(11)13/h3-4,8H,2,5-7H2,1H3,(H,14,15). The molecule has 94 valence electrons. The van der Waals surface area contributed by atoms with E-state index in [1.165, 1.54) is 6.07 Å². The van der Waals surface area contributed by atoms with Crippen molar-refractivity contribution in [3.63, 3.8) is 0 Å². The molecule has 0 unspecified atom stereocenters. The summed E-state index contributed by atoms with van der Waals surface area (Å²) in [7, 11) is 0. The molecule has 5 heteroatoms. The summed E-state index contributed by atoms with van der Waals surface area (Å²) in [4.78, 5) is 10.8. The fourth-order valence-electron chi connectivity index (χ4n) is 1.20. The molecular formula is C12H15IO4. The van der Waals surface area contributed by atoms with Crippen molar-refractivity contribution in [1.82, 2.24) is 0 Å². The lowest BCUT2D eigenvalue weighted by Crippen LogP contribution is -2.08. The molecule has 1 rings (SSSR count). The van der Waals surface area contributed by atoms with Gasteiger partial charge in [0.1, 0.15) is 12.4 Å². The van der Waals surface area contributed by atoms with Crippen LogP contribution in [0, 0.1) is 3.57 Å². The highest BCUT2D eigenvalue weighted by Gasteiger charge is 2.07. The molecule has 0 aliphatic carbocycles. The predicted octanol–water partition coefficient (Wildman–Crippen LogP) is 2.79. The number of carboxylic acid groups (broad SMARTS) is 1. The number of hydrogen-bond acceptors (Lipinski definition) is 3. The van der Waals surface area contributed by atoms with Gasteiger partial charge >= 0.3 is 5.97 Å². The summed E-state index contributed by atoms with van der Waals surface area (Å²) in [5.41, 5.74) is 0.231. The second-order valence-corrected chi connectivity index (χ2v) is 4.57. The van der Waals surface area contributed by atoms with Crippen molar-refractivity contribution in [3.8, 4) is 5.75 Å². The summed E-state index contributed by atoms with van der Waals surface area (Å²) in [6.45, 7) is 3.70. The normalized spacial score (nSPS) is 10.2. The Bertz CT molecular complexity index is 379. The van der Waals surface area contributed by atoms with E-state index >= 15 is 0 Å². The number of ether oxygens (including phenoxy) is 2. The van der Waals surface area contributed by atoms with Crippen molar-refractivity contribution in [1.29, 1.82) is 0 Å². The Morgan fingerprint density at radius 2 is 2.12 bits per heavy atom. The average Bonchev–Trinajstić information content (AvgIpc) is 2.30. The van der Waals surface area contributed by atoms with Gasteiger partial charge in [-0.15, -0.1) is 0 Å². The molecule has 1 aromatic rings. The molecule has 1 N–H and O–H groups in total. The lowest BCUT2D eigenvalue weighted by atomic mass is 10.2. The molecular weight excluding hydrogens is 335 g/mol. The van der Waals surface area contributed by atoms with Gasteiger partial charge in [0.05, 0.1) is 15.7 Å². The molecule has 0 saturated carbocycles. The molecule has 0 aromatic heterocycles. The third kappa shape index (κ3) is 4.91. The molecule has 17 heavy (non-hydrogen) atoms. The second kappa shape index (κ2) is 7.50. The molecule has 4 nitrogen and oxygen atoms in total. The van der Waals surface area contributed by atoms with E-state index in [2.05, 4.69) is 22.6 Å². The number of aromatic carboxylic acids is 1. The Kier molecular flexibility index (Phi) is 6.28. The molecule has 0 saturated heterocycles. The molecule has 0 atom stereocenters. The number of rotatable bonds is 7. The van der Waals surface area contributed by atoms with E-state index in [0.29, 0.717) is 19.0 Å². The fourth-order valence-corrected chi connectivity index (χ4v) is 1.70. The van der Waals surface area contributed by atoms with Gasteiger partial charge in [-0.05, 0) is 47.2 Å². The predicted molar refractivity (Wildman–Crippen MR) is 72.7 cm³/mol. The van der Waals surface area contributed by atoms with Crippen LogP contribution >= 0.6 is 22.6 Å². The van der Waals surface area contributed by atoms with Crippen molar-refractivity contribution >= 4 is 28.6 Å². The number of carboxylic acids is 1. The van der Waals surface area contributed by atoms with Crippen LogP contribution in [0.1, 0.15) is 23.7 Å². The van der Waals surface area contributed by atoms with Gasteiger partial charge in [0.2, 0.25) is 0 Å². The van der Waals surface area contributed by atoms with Crippen LogP contribution in [0.2, 0.25) is 0 Å². The maximum Gasteiger partial charge on any atom is 0.335 e. The van der Waals surface area contributed by atoms with Gasteiger partial charge in [-0.3, -0.25) is 0 Å². The van der Waals surface area contributed by atoms with Crippen LogP contribution in [0.4, 0.5) is 0 Å². The highest BCUT2D eigenvalue weighted by Crippen LogP contribution is 2.22. The lowest BCUT2D eigenvalue weighted by molar-refractivity contribution is 0.0696. The van der Waals surface area contributed by atoms with Crippen LogP contribution in [0.25, 0.3) is 0 Å². The van der Waals surface area contributed by atoms with Crippen LogP contribution in [0.15, 0.2) is 18.2 Å². The first-order valence-corrected chi connectivity index (χ1v) is 6.46. The van der Waals surface area contributed by atoms with Crippen LogP contribution in [0.5, 0.6) is 5.75 Å². The third-order valence-electron chi connectivity index (χ3n) is 2.01. The zero-order valence-electron chi connectivity index (χ0n) is 9.61. The van der Waals surface area contributed by atoms with Crippen LogP contribution in [-0.2, 0) is 4.74 Å². The molecule has 0 amide bonds. The van der Waals surface area contributed by atoms with E-state index < -0.39 is 5.97 Å². The minimum atomic E-state index is -0.950. The van der Waals surface area contributed by atoms with Crippen molar-refractivity contribution in [2.75, 3.05) is 19.8 Å². The van der Waals surface area contributed by atoms with E-state index in [1.807, 2.05) is 6.92 Å². The maximum absolute atomic E-state index is 10.8. The molecule has 0 heterocycles. The third-order valence-corrected chi connectivity index (χ3v) is 2.90. The Hall–Kier alpha value is -0.820. The second-order valence-electron chi connectivity index (χ2n) is 3.41. The Morgan fingerprint density at radius 3 is 2.76 bits per heavy atom. The van der Waals surface area contributed by atoms with Crippen molar-refractivity contribution < 1.29 is 19.4 Å². The number of hydrogen-bond donors (Lipinski definition) is 1.